The van der Waals surface area contributed by atoms with Crippen LogP contribution in [0, 0.1) is 11.3 Å². The Morgan fingerprint density at radius 2 is 1.86 bits per heavy atom. The zero-order valence-electron chi connectivity index (χ0n) is 25.5. The summed E-state index contributed by atoms with van der Waals surface area (Å²) in [4.78, 5) is 37.4. The number of alkyl halides is 1. The SMILES string of the molecule is CN1CCOCC1C(=O)N1CCN(C2C(F)CNCC2NC(=O)C(C(N)N)C2CC3(CCCCC3)CCC(F)=C=N2)CC1. The molecule has 11 nitrogen and oxygen atoms in total. The average Bonchev–Trinajstić information content (AvgIpc) is 2.99. The summed E-state index contributed by atoms with van der Waals surface area (Å²) in [5.74, 6) is 0.856. The Kier molecular flexibility index (Phi) is 10.9. The summed E-state index contributed by atoms with van der Waals surface area (Å²) in [7, 11) is 1.93. The number of likely N-dealkylation sites (N-methyl/N-ethyl adjacent to an activating group) is 1. The van der Waals surface area contributed by atoms with Gasteiger partial charge in [-0.3, -0.25) is 19.4 Å². The first-order valence-corrected chi connectivity index (χ1v) is 16.1. The molecule has 6 N–H and O–H groups in total. The molecule has 4 fully saturated rings. The Labute approximate surface area is 253 Å². The highest BCUT2D eigenvalue weighted by Crippen LogP contribution is 2.46. The van der Waals surface area contributed by atoms with E-state index in [0.717, 1.165) is 32.1 Å². The summed E-state index contributed by atoms with van der Waals surface area (Å²) in [6, 6.07) is -2.02. The average molecular weight is 609 g/mol. The van der Waals surface area contributed by atoms with Crippen molar-refractivity contribution in [1.82, 2.24) is 25.3 Å². The molecular formula is C30H50F2N8O3. The molecule has 4 heterocycles. The lowest BCUT2D eigenvalue weighted by Gasteiger charge is -2.47. The van der Waals surface area contributed by atoms with E-state index in [9.17, 15) is 14.0 Å². The minimum absolute atomic E-state index is 0.0366. The van der Waals surface area contributed by atoms with Crippen molar-refractivity contribution in [2.45, 2.75) is 87.9 Å². The normalized spacial score (nSPS) is 33.5. The number of aliphatic imine (C=N–C) groups is 1. The molecule has 6 atom stereocenters. The lowest BCUT2D eigenvalue weighted by molar-refractivity contribution is -0.144. The van der Waals surface area contributed by atoms with Crippen molar-refractivity contribution >= 4 is 17.7 Å². The van der Waals surface area contributed by atoms with E-state index in [2.05, 4.69) is 21.5 Å². The number of piperazine rings is 1. The highest BCUT2D eigenvalue weighted by molar-refractivity contribution is 5.82. The number of ether oxygens (including phenoxy) is 1. The van der Waals surface area contributed by atoms with E-state index < -0.39 is 48.1 Å². The fourth-order valence-corrected chi connectivity index (χ4v) is 7.91. The van der Waals surface area contributed by atoms with Crippen molar-refractivity contribution < 1.29 is 23.1 Å². The molecule has 1 aliphatic carbocycles. The number of hydrogen-bond acceptors (Lipinski definition) is 9. The van der Waals surface area contributed by atoms with Crippen LogP contribution in [-0.4, -0.2) is 135 Å². The van der Waals surface area contributed by atoms with Crippen molar-refractivity contribution in [2.75, 3.05) is 66.1 Å². The first-order valence-electron chi connectivity index (χ1n) is 16.1. The van der Waals surface area contributed by atoms with E-state index >= 15 is 4.39 Å². The Hall–Kier alpha value is -1.99. The number of hydrogen-bond donors (Lipinski definition) is 4. The minimum Gasteiger partial charge on any atom is -0.378 e. The van der Waals surface area contributed by atoms with Crippen molar-refractivity contribution in [3.8, 4) is 0 Å². The number of allylic oxidation sites excluding steroid dienone is 1. The van der Waals surface area contributed by atoms with E-state index in [-0.39, 0.29) is 23.9 Å². The quantitative estimate of drug-likeness (QED) is 0.312. The van der Waals surface area contributed by atoms with Crippen LogP contribution in [0.3, 0.4) is 0 Å². The predicted octanol–water partition coefficient (Wildman–Crippen LogP) is 0.142. The van der Waals surface area contributed by atoms with Crippen LogP contribution in [0.1, 0.15) is 51.4 Å². The van der Waals surface area contributed by atoms with Crippen LogP contribution in [0.5, 0.6) is 0 Å². The van der Waals surface area contributed by atoms with Crippen molar-refractivity contribution in [3.63, 3.8) is 0 Å². The number of nitrogens with one attached hydrogen (secondary N) is 2. The third-order valence-corrected chi connectivity index (χ3v) is 10.5. The number of carbonyl (C=O) groups excluding carboxylic acids is 2. The number of amides is 2. The molecule has 0 radical (unpaired) electrons. The summed E-state index contributed by atoms with van der Waals surface area (Å²) in [6.07, 6.45) is 4.61. The first-order chi connectivity index (χ1) is 20.7. The Morgan fingerprint density at radius 1 is 1.12 bits per heavy atom. The highest BCUT2D eigenvalue weighted by Gasteiger charge is 2.45. The molecule has 0 bridgehead atoms. The third-order valence-electron chi connectivity index (χ3n) is 10.5. The Bertz CT molecular complexity index is 1040. The second-order valence-corrected chi connectivity index (χ2v) is 13.3. The van der Waals surface area contributed by atoms with Gasteiger partial charge in [0.25, 0.3) is 0 Å². The van der Waals surface area contributed by atoms with Crippen LogP contribution < -0.4 is 22.1 Å². The molecule has 13 heteroatoms. The molecule has 43 heavy (non-hydrogen) atoms. The van der Waals surface area contributed by atoms with Gasteiger partial charge in [0, 0.05) is 58.1 Å². The van der Waals surface area contributed by atoms with Gasteiger partial charge in [0.15, 0.2) is 5.83 Å². The highest BCUT2D eigenvalue weighted by atomic mass is 19.1. The smallest absolute Gasteiger partial charge is 0.242 e. The van der Waals surface area contributed by atoms with Gasteiger partial charge in [0.1, 0.15) is 12.2 Å². The zero-order valence-corrected chi connectivity index (χ0v) is 25.5. The van der Waals surface area contributed by atoms with Crippen LogP contribution >= 0.6 is 0 Å². The summed E-state index contributed by atoms with van der Waals surface area (Å²) in [5, 5.41) is 6.17. The maximum Gasteiger partial charge on any atom is 0.242 e. The van der Waals surface area contributed by atoms with Crippen LogP contribution in [0.15, 0.2) is 10.8 Å². The van der Waals surface area contributed by atoms with Crippen LogP contribution in [0.25, 0.3) is 0 Å². The summed E-state index contributed by atoms with van der Waals surface area (Å²) in [6.45, 7) is 4.23. The van der Waals surface area contributed by atoms with Crippen LogP contribution in [0.2, 0.25) is 0 Å². The Balaban J connectivity index is 1.26. The van der Waals surface area contributed by atoms with E-state index in [0.29, 0.717) is 71.7 Å². The minimum atomic E-state index is -1.22. The van der Waals surface area contributed by atoms with E-state index in [1.807, 2.05) is 21.7 Å². The molecule has 4 aliphatic heterocycles. The zero-order chi connectivity index (χ0) is 30.6. The van der Waals surface area contributed by atoms with Gasteiger partial charge in [-0.2, -0.15) is 0 Å². The van der Waals surface area contributed by atoms with Gasteiger partial charge in [-0.15, -0.1) is 0 Å². The summed E-state index contributed by atoms with van der Waals surface area (Å²) < 4.78 is 35.6. The largest absolute Gasteiger partial charge is 0.378 e. The molecule has 0 aromatic carbocycles. The van der Waals surface area contributed by atoms with E-state index in [1.54, 1.807) is 0 Å². The Morgan fingerprint density at radius 3 is 2.56 bits per heavy atom. The number of halogens is 2. The second kappa shape index (κ2) is 14.4. The van der Waals surface area contributed by atoms with Gasteiger partial charge in [0.2, 0.25) is 11.8 Å². The maximum absolute atomic E-state index is 15.5. The molecule has 0 aromatic rings. The van der Waals surface area contributed by atoms with Gasteiger partial charge >= 0.3 is 0 Å². The molecule has 2 amide bonds. The monoisotopic (exact) mass is 608 g/mol. The molecule has 242 valence electrons. The van der Waals surface area contributed by atoms with Gasteiger partial charge < -0.3 is 31.7 Å². The molecule has 5 rings (SSSR count). The predicted molar refractivity (Wildman–Crippen MR) is 160 cm³/mol. The number of morpholine rings is 1. The van der Waals surface area contributed by atoms with Gasteiger partial charge in [-0.1, -0.05) is 19.3 Å². The third kappa shape index (κ3) is 7.64. The fraction of sp³-hybridized carbons (Fsp3) is 0.867. The number of nitrogens with zero attached hydrogens (tertiary/aromatic N) is 4. The second-order valence-electron chi connectivity index (χ2n) is 13.3. The molecule has 1 saturated carbocycles. The van der Waals surface area contributed by atoms with Crippen LogP contribution in [-0.2, 0) is 14.3 Å². The fourth-order valence-electron chi connectivity index (χ4n) is 7.91. The van der Waals surface area contributed by atoms with E-state index in [4.69, 9.17) is 16.2 Å². The number of nitrogens with two attached hydrogens (primary N) is 2. The molecule has 1 spiro atoms. The van der Waals surface area contributed by atoms with Crippen molar-refractivity contribution in [3.05, 3.63) is 5.83 Å². The maximum atomic E-state index is 15.5. The van der Waals surface area contributed by atoms with Crippen molar-refractivity contribution in [1.29, 1.82) is 0 Å². The van der Waals surface area contributed by atoms with Gasteiger partial charge in [-0.05, 0) is 38.1 Å². The lowest BCUT2D eigenvalue weighted by Crippen LogP contribution is -2.69. The molecule has 3 saturated heterocycles. The van der Waals surface area contributed by atoms with E-state index in [1.165, 1.54) is 0 Å². The molecule has 6 unspecified atom stereocenters. The topological polar surface area (TPSA) is 142 Å². The summed E-state index contributed by atoms with van der Waals surface area (Å²) in [5.41, 5.74) is 12.3. The standard InChI is InChI=1S/C30H50F2N8O3/c1-38-13-14-43-19-24(38)29(42)40-11-9-39(10-12-40)26-21(32)17-35-18-23(26)37-28(41)25(27(33)34)22-15-30(6-3-2-4-7-30)8-5-20(31)16-36-22/h21-27,35H,2-15,17-19,33-34H2,1H3,(H,37,41). The first kappa shape index (κ1) is 32.4. The molecular weight excluding hydrogens is 558 g/mol. The number of carbonyl (C=O) groups is 2. The lowest BCUT2D eigenvalue weighted by atomic mass is 9.66. The van der Waals surface area contributed by atoms with Gasteiger partial charge in [-0.25, -0.2) is 13.8 Å². The molecule has 5 aliphatic rings. The van der Waals surface area contributed by atoms with Gasteiger partial charge in [0.05, 0.1) is 43.4 Å². The van der Waals surface area contributed by atoms with Crippen LogP contribution in [0.4, 0.5) is 8.78 Å². The molecule has 0 aromatic heterocycles. The number of piperidine rings is 1. The number of rotatable bonds is 6. The summed E-state index contributed by atoms with van der Waals surface area (Å²) >= 11 is 0. The van der Waals surface area contributed by atoms with Crippen molar-refractivity contribution in [2.24, 2.45) is 27.8 Å².